The van der Waals surface area contributed by atoms with Gasteiger partial charge in [-0.05, 0) is 31.0 Å². The lowest BCUT2D eigenvalue weighted by Crippen LogP contribution is -2.61. The topological polar surface area (TPSA) is 95.0 Å². The number of carbonyl (C=O) groups excluding carboxylic acids is 1. The lowest BCUT2D eigenvalue weighted by atomic mass is 10.0. The number of amides is 1. The molecule has 2 fully saturated rings. The van der Waals surface area contributed by atoms with Gasteiger partial charge in [0.05, 0.1) is 5.92 Å². The Morgan fingerprint density at radius 3 is 2.56 bits per heavy atom. The molecule has 1 unspecified atom stereocenters. The van der Waals surface area contributed by atoms with Crippen molar-refractivity contribution in [3.63, 3.8) is 0 Å². The Morgan fingerprint density at radius 2 is 1.92 bits per heavy atom. The first-order valence-corrected chi connectivity index (χ1v) is 9.94. The highest BCUT2D eigenvalue weighted by Crippen LogP contribution is 2.27. The molecule has 2 saturated heterocycles. The molecule has 7 nitrogen and oxygen atoms in total. The molecule has 3 rings (SSSR count). The lowest BCUT2D eigenvalue weighted by Gasteiger charge is -2.42. The Labute approximate surface area is 151 Å². The molecule has 0 radical (unpaired) electrons. The number of carboxylic acids is 1. The first kappa shape index (κ1) is 18.2. The second kappa shape index (κ2) is 6.93. The molecule has 1 aromatic carbocycles. The third kappa shape index (κ3) is 3.65. The van der Waals surface area contributed by atoms with Crippen molar-refractivity contribution in [1.82, 2.24) is 9.21 Å². The van der Waals surface area contributed by atoms with Crippen LogP contribution in [0.1, 0.15) is 23.2 Å². The molecule has 9 heteroatoms. The predicted octanol–water partition coefficient (Wildman–Crippen LogP) is 1.29. The van der Waals surface area contributed by atoms with Gasteiger partial charge in [0.25, 0.3) is 5.91 Å². The van der Waals surface area contributed by atoms with Crippen molar-refractivity contribution >= 4 is 33.5 Å². The van der Waals surface area contributed by atoms with Crippen molar-refractivity contribution in [2.75, 3.05) is 26.2 Å². The Kier molecular flexibility index (Phi) is 5.04. The number of likely N-dealkylation sites (tertiary alicyclic amines) is 1. The molecule has 0 spiro atoms. The fraction of sp³-hybridized carbons (Fsp3) is 0.500. The molecule has 1 aromatic rings. The number of carbonyl (C=O) groups is 2. The van der Waals surface area contributed by atoms with Gasteiger partial charge in [-0.3, -0.25) is 9.59 Å². The maximum Gasteiger partial charge on any atom is 0.307 e. The van der Waals surface area contributed by atoms with E-state index in [4.69, 9.17) is 16.7 Å². The zero-order valence-corrected chi connectivity index (χ0v) is 15.0. The van der Waals surface area contributed by atoms with Crippen LogP contribution in [0.25, 0.3) is 0 Å². The number of halogens is 1. The number of benzene rings is 1. The van der Waals surface area contributed by atoms with Crippen LogP contribution in [-0.2, 0) is 14.8 Å². The summed E-state index contributed by atoms with van der Waals surface area (Å²) in [7, 11) is -3.60. The Balaban J connectivity index is 1.63. The van der Waals surface area contributed by atoms with Gasteiger partial charge >= 0.3 is 5.97 Å². The van der Waals surface area contributed by atoms with E-state index in [1.54, 1.807) is 24.3 Å². The summed E-state index contributed by atoms with van der Waals surface area (Å²) in [4.78, 5) is 24.9. The van der Waals surface area contributed by atoms with Crippen molar-refractivity contribution in [3.8, 4) is 0 Å². The molecule has 0 aromatic heterocycles. The minimum Gasteiger partial charge on any atom is -0.481 e. The summed E-state index contributed by atoms with van der Waals surface area (Å²) in [6, 6.07) is 6.52. The van der Waals surface area contributed by atoms with Crippen LogP contribution in [0.15, 0.2) is 24.3 Å². The van der Waals surface area contributed by atoms with Gasteiger partial charge in [-0.1, -0.05) is 17.7 Å². The molecule has 25 heavy (non-hydrogen) atoms. The van der Waals surface area contributed by atoms with Crippen LogP contribution in [0, 0.1) is 5.92 Å². The highest BCUT2D eigenvalue weighted by atomic mass is 35.5. The summed E-state index contributed by atoms with van der Waals surface area (Å²) < 4.78 is 26.6. The van der Waals surface area contributed by atoms with Crippen molar-refractivity contribution in [1.29, 1.82) is 0 Å². The molecular formula is C16H19ClN2O5S. The van der Waals surface area contributed by atoms with Gasteiger partial charge in [0.2, 0.25) is 10.0 Å². The normalized spacial score (nSPS) is 22.4. The summed E-state index contributed by atoms with van der Waals surface area (Å²) >= 11 is 5.88. The van der Waals surface area contributed by atoms with Gasteiger partial charge in [0.1, 0.15) is 5.25 Å². The van der Waals surface area contributed by atoms with E-state index in [1.807, 2.05) is 0 Å². The molecule has 0 aliphatic carbocycles. The van der Waals surface area contributed by atoms with Crippen molar-refractivity contribution < 1.29 is 23.1 Å². The average Bonchev–Trinajstić information content (AvgIpc) is 2.53. The van der Waals surface area contributed by atoms with Crippen LogP contribution >= 0.6 is 11.6 Å². The summed E-state index contributed by atoms with van der Waals surface area (Å²) in [5.41, 5.74) is 0.423. The quantitative estimate of drug-likeness (QED) is 0.841. The van der Waals surface area contributed by atoms with Crippen molar-refractivity contribution in [2.24, 2.45) is 5.92 Å². The fourth-order valence-electron chi connectivity index (χ4n) is 3.18. The Hall–Kier alpha value is -1.64. The Morgan fingerprint density at radius 1 is 1.20 bits per heavy atom. The van der Waals surface area contributed by atoms with E-state index in [-0.39, 0.29) is 25.5 Å². The minimum absolute atomic E-state index is 0.0103. The maximum atomic E-state index is 12.7. The second-order valence-corrected chi connectivity index (χ2v) is 9.07. The standard InChI is InChI=1S/C16H19ClN2O5S/c17-13-5-1-3-11(7-13)15(20)18-9-14(10-18)25(23,24)19-6-2-4-12(8-19)16(21)22/h1,3,5,7,12,14H,2,4,6,8-10H2,(H,21,22). The van der Waals surface area contributed by atoms with E-state index < -0.39 is 27.2 Å². The second-order valence-electron chi connectivity index (χ2n) is 6.42. The number of sulfonamides is 1. The third-order valence-electron chi connectivity index (χ3n) is 4.72. The molecule has 1 N–H and O–H groups in total. The van der Waals surface area contributed by atoms with Gasteiger partial charge in [0.15, 0.2) is 0 Å². The van der Waals surface area contributed by atoms with Crippen LogP contribution < -0.4 is 0 Å². The Bertz CT molecular complexity index is 791. The number of carboxylic acid groups (broad SMARTS) is 1. The van der Waals surface area contributed by atoms with Crippen LogP contribution in [0.2, 0.25) is 5.02 Å². The highest BCUT2D eigenvalue weighted by molar-refractivity contribution is 7.89. The minimum atomic E-state index is -3.60. The van der Waals surface area contributed by atoms with E-state index in [1.165, 1.54) is 9.21 Å². The highest BCUT2D eigenvalue weighted by Gasteiger charge is 2.44. The molecule has 0 saturated carbocycles. The van der Waals surface area contributed by atoms with Gasteiger partial charge in [0, 0.05) is 36.8 Å². The fourth-order valence-corrected chi connectivity index (χ4v) is 5.30. The van der Waals surface area contributed by atoms with Gasteiger partial charge < -0.3 is 10.0 Å². The third-order valence-corrected chi connectivity index (χ3v) is 7.15. The SMILES string of the molecule is O=C(O)C1CCCN(S(=O)(=O)C2CN(C(=O)c3cccc(Cl)c3)C2)C1. The van der Waals surface area contributed by atoms with E-state index >= 15 is 0 Å². The number of piperidine rings is 1. The lowest BCUT2D eigenvalue weighted by molar-refractivity contribution is -0.142. The zero-order valence-electron chi connectivity index (χ0n) is 13.5. The summed E-state index contributed by atoms with van der Waals surface area (Å²) in [6.07, 6.45) is 1.03. The average molecular weight is 387 g/mol. The van der Waals surface area contributed by atoms with E-state index in [0.29, 0.717) is 30.0 Å². The van der Waals surface area contributed by atoms with Crippen LogP contribution in [0.3, 0.4) is 0 Å². The summed E-state index contributed by atoms with van der Waals surface area (Å²) in [5, 5.41) is 8.88. The van der Waals surface area contributed by atoms with Gasteiger partial charge in [-0.25, -0.2) is 12.7 Å². The number of nitrogens with zero attached hydrogens (tertiary/aromatic N) is 2. The van der Waals surface area contributed by atoms with E-state index in [2.05, 4.69) is 0 Å². The summed E-state index contributed by atoms with van der Waals surface area (Å²) in [5.74, 6) is -1.88. The van der Waals surface area contributed by atoms with E-state index in [9.17, 15) is 18.0 Å². The molecule has 2 aliphatic rings. The molecule has 2 aliphatic heterocycles. The molecule has 0 bridgehead atoms. The van der Waals surface area contributed by atoms with Gasteiger partial charge in [-0.2, -0.15) is 0 Å². The molecule has 1 amide bonds. The molecule has 136 valence electrons. The zero-order chi connectivity index (χ0) is 18.2. The van der Waals surface area contributed by atoms with Crippen LogP contribution in [-0.4, -0.2) is 66.0 Å². The first-order valence-electron chi connectivity index (χ1n) is 8.05. The first-order chi connectivity index (χ1) is 11.8. The van der Waals surface area contributed by atoms with Crippen LogP contribution in [0.5, 0.6) is 0 Å². The molecule has 2 heterocycles. The largest absolute Gasteiger partial charge is 0.481 e. The summed E-state index contributed by atoms with van der Waals surface area (Å²) in [6.45, 7) is 0.574. The van der Waals surface area contributed by atoms with Crippen LogP contribution in [0.4, 0.5) is 0 Å². The van der Waals surface area contributed by atoms with E-state index in [0.717, 1.165) is 0 Å². The molecule has 1 atom stereocenters. The number of aliphatic carboxylic acids is 1. The van der Waals surface area contributed by atoms with Gasteiger partial charge in [-0.15, -0.1) is 0 Å². The van der Waals surface area contributed by atoms with Crippen molar-refractivity contribution in [2.45, 2.75) is 18.1 Å². The molecular weight excluding hydrogens is 368 g/mol. The monoisotopic (exact) mass is 386 g/mol. The van der Waals surface area contributed by atoms with Crippen molar-refractivity contribution in [3.05, 3.63) is 34.9 Å². The number of hydrogen-bond acceptors (Lipinski definition) is 4. The number of rotatable bonds is 4. The predicted molar refractivity (Wildman–Crippen MR) is 92.0 cm³/mol. The maximum absolute atomic E-state index is 12.7. The smallest absolute Gasteiger partial charge is 0.307 e. The number of hydrogen-bond donors (Lipinski definition) is 1.